The molecule has 1 aliphatic rings. The third kappa shape index (κ3) is 5.71. The molecule has 1 saturated heterocycles. The quantitative estimate of drug-likeness (QED) is 0.284. The topological polar surface area (TPSA) is 74.2 Å². The Kier molecular flexibility index (Phi) is 8.82. The summed E-state index contributed by atoms with van der Waals surface area (Å²) in [6.45, 7) is 5.93. The van der Waals surface area contributed by atoms with Crippen molar-refractivity contribution in [3.8, 4) is 11.8 Å². The summed E-state index contributed by atoms with van der Waals surface area (Å²) in [5, 5.41) is 17.1. The number of benzene rings is 3. The van der Waals surface area contributed by atoms with Crippen LogP contribution in [0.1, 0.15) is 44.2 Å². The van der Waals surface area contributed by atoms with Gasteiger partial charge in [-0.3, -0.25) is 4.79 Å². The van der Waals surface area contributed by atoms with Crippen LogP contribution in [-0.4, -0.2) is 25.1 Å². The standard InChI is InChI=1S/C30H28BrCl2F2N3O2/c1-29(2,3)14-24-30(15-36,19-10-9-17(32)13-21(19)34)25(18-6-5-7-20(33)26(18)35)27(38-24)28(39)37-22-11-8-16(31)12-23(22)40-4/h5-13,24-25,27,38H,14H2,1-4H3,(H,37,39). The van der Waals surface area contributed by atoms with Crippen molar-refractivity contribution in [1.29, 1.82) is 5.26 Å². The number of nitrogens with zero attached hydrogens (tertiary/aromatic N) is 1. The van der Waals surface area contributed by atoms with Gasteiger partial charge in [-0.1, -0.05) is 78.1 Å². The normalized spacial score (nSPS) is 22.6. The number of nitriles is 1. The molecule has 0 aliphatic carbocycles. The zero-order valence-electron chi connectivity index (χ0n) is 22.3. The van der Waals surface area contributed by atoms with Crippen LogP contribution >= 0.6 is 39.1 Å². The van der Waals surface area contributed by atoms with Crippen molar-refractivity contribution >= 4 is 50.7 Å². The Bertz CT molecular complexity index is 1490. The molecule has 0 saturated carbocycles. The van der Waals surface area contributed by atoms with Gasteiger partial charge in [0.2, 0.25) is 5.91 Å². The smallest absolute Gasteiger partial charge is 0.242 e. The highest BCUT2D eigenvalue weighted by Gasteiger charge is 2.61. The predicted molar refractivity (Wildman–Crippen MR) is 157 cm³/mol. The lowest BCUT2D eigenvalue weighted by molar-refractivity contribution is -0.118. The summed E-state index contributed by atoms with van der Waals surface area (Å²) in [5.41, 5.74) is -1.64. The van der Waals surface area contributed by atoms with Gasteiger partial charge in [-0.15, -0.1) is 0 Å². The monoisotopic (exact) mass is 649 g/mol. The molecule has 1 fully saturated rings. The number of methoxy groups -OCH3 is 1. The van der Waals surface area contributed by atoms with Crippen LogP contribution in [0.25, 0.3) is 0 Å². The first kappa shape index (κ1) is 30.3. The first-order valence-corrected chi connectivity index (χ1v) is 14.1. The van der Waals surface area contributed by atoms with Crippen molar-refractivity contribution in [2.24, 2.45) is 5.41 Å². The minimum Gasteiger partial charge on any atom is -0.495 e. The minimum atomic E-state index is -1.71. The lowest BCUT2D eigenvalue weighted by atomic mass is 9.62. The Morgan fingerprint density at radius 2 is 1.90 bits per heavy atom. The van der Waals surface area contributed by atoms with E-state index in [1.807, 2.05) is 20.8 Å². The fourth-order valence-corrected chi connectivity index (χ4v) is 6.22. The average molecular weight is 651 g/mol. The minimum absolute atomic E-state index is 0.0158. The van der Waals surface area contributed by atoms with E-state index in [1.165, 1.54) is 31.4 Å². The van der Waals surface area contributed by atoms with Gasteiger partial charge in [0.05, 0.1) is 29.9 Å². The molecule has 40 heavy (non-hydrogen) atoms. The lowest BCUT2D eigenvalue weighted by Gasteiger charge is -2.37. The number of hydrogen-bond acceptors (Lipinski definition) is 4. The fourth-order valence-electron chi connectivity index (χ4n) is 5.54. The van der Waals surface area contributed by atoms with Crippen molar-refractivity contribution < 1.29 is 18.3 Å². The second-order valence-electron chi connectivity index (χ2n) is 11.0. The van der Waals surface area contributed by atoms with E-state index >= 15 is 8.78 Å². The molecule has 10 heteroatoms. The van der Waals surface area contributed by atoms with E-state index in [2.05, 4.69) is 32.6 Å². The van der Waals surface area contributed by atoms with Crippen LogP contribution < -0.4 is 15.4 Å². The van der Waals surface area contributed by atoms with Crippen molar-refractivity contribution in [1.82, 2.24) is 5.32 Å². The van der Waals surface area contributed by atoms with E-state index in [-0.39, 0.29) is 26.6 Å². The molecule has 1 amide bonds. The summed E-state index contributed by atoms with van der Waals surface area (Å²) in [6, 6.07) is 14.0. The zero-order valence-corrected chi connectivity index (χ0v) is 25.4. The Labute approximate surface area is 250 Å². The number of hydrogen-bond donors (Lipinski definition) is 2. The number of anilines is 1. The van der Waals surface area contributed by atoms with Gasteiger partial charge in [0.25, 0.3) is 0 Å². The van der Waals surface area contributed by atoms with Crippen molar-refractivity contribution in [3.05, 3.63) is 91.9 Å². The third-order valence-corrected chi connectivity index (χ3v) is 8.17. The summed E-state index contributed by atoms with van der Waals surface area (Å²) >= 11 is 15.6. The van der Waals surface area contributed by atoms with Crippen LogP contribution in [0.4, 0.5) is 14.5 Å². The number of halogens is 5. The van der Waals surface area contributed by atoms with Gasteiger partial charge in [-0.25, -0.2) is 8.78 Å². The van der Waals surface area contributed by atoms with Crippen molar-refractivity contribution in [2.45, 2.75) is 50.6 Å². The number of rotatable bonds is 6. The average Bonchev–Trinajstić information content (AvgIpc) is 3.19. The summed E-state index contributed by atoms with van der Waals surface area (Å²) in [5.74, 6) is -2.82. The maximum Gasteiger partial charge on any atom is 0.242 e. The van der Waals surface area contributed by atoms with Crippen LogP contribution in [-0.2, 0) is 10.2 Å². The predicted octanol–water partition coefficient (Wildman–Crippen LogP) is 8.00. The van der Waals surface area contributed by atoms with Gasteiger partial charge in [0.15, 0.2) is 0 Å². The molecule has 3 aromatic carbocycles. The zero-order chi connectivity index (χ0) is 29.4. The summed E-state index contributed by atoms with van der Waals surface area (Å²) in [7, 11) is 1.47. The highest BCUT2D eigenvalue weighted by Crippen LogP contribution is 2.53. The molecule has 1 aliphatic heterocycles. The van der Waals surface area contributed by atoms with Crippen LogP contribution in [0, 0.1) is 28.4 Å². The second kappa shape index (κ2) is 11.7. The van der Waals surface area contributed by atoms with E-state index in [4.69, 9.17) is 27.9 Å². The highest BCUT2D eigenvalue weighted by atomic mass is 79.9. The van der Waals surface area contributed by atoms with Gasteiger partial charge in [-0.2, -0.15) is 5.26 Å². The maximum atomic E-state index is 15.8. The largest absolute Gasteiger partial charge is 0.495 e. The summed E-state index contributed by atoms with van der Waals surface area (Å²) in [6.07, 6.45) is 0.368. The Hall–Kier alpha value is -2.70. The van der Waals surface area contributed by atoms with Gasteiger partial charge >= 0.3 is 0 Å². The van der Waals surface area contributed by atoms with Crippen LogP contribution in [0.5, 0.6) is 5.75 Å². The number of carbonyl (C=O) groups excluding carboxylic acids is 1. The molecular weight excluding hydrogens is 623 g/mol. The number of amides is 1. The first-order valence-electron chi connectivity index (χ1n) is 12.5. The van der Waals surface area contributed by atoms with E-state index in [0.717, 1.165) is 10.5 Å². The van der Waals surface area contributed by atoms with E-state index in [9.17, 15) is 10.1 Å². The molecule has 4 rings (SSSR count). The molecule has 4 unspecified atom stereocenters. The van der Waals surface area contributed by atoms with Gasteiger partial charge in [-0.05, 0) is 53.8 Å². The number of ether oxygens (including phenoxy) is 1. The van der Waals surface area contributed by atoms with Crippen LogP contribution in [0.2, 0.25) is 10.0 Å². The molecule has 5 nitrogen and oxygen atoms in total. The SMILES string of the molecule is COc1cc(Br)ccc1NC(=O)C1NC(CC(C)(C)C)C(C#N)(c2ccc(Cl)cc2F)C1c1cccc(Cl)c1F. The van der Waals surface area contributed by atoms with Crippen LogP contribution in [0.3, 0.4) is 0 Å². The number of carbonyl (C=O) groups is 1. The van der Waals surface area contributed by atoms with E-state index < -0.39 is 41.0 Å². The first-order chi connectivity index (χ1) is 18.8. The van der Waals surface area contributed by atoms with E-state index in [0.29, 0.717) is 17.9 Å². The molecule has 2 N–H and O–H groups in total. The van der Waals surface area contributed by atoms with Gasteiger partial charge in [0.1, 0.15) is 22.8 Å². The Morgan fingerprint density at radius 1 is 1.18 bits per heavy atom. The summed E-state index contributed by atoms with van der Waals surface area (Å²) in [4.78, 5) is 14.0. The molecular formula is C30H28BrCl2F2N3O2. The lowest BCUT2D eigenvalue weighted by Crippen LogP contribution is -2.45. The molecule has 0 bridgehead atoms. The van der Waals surface area contributed by atoms with Crippen molar-refractivity contribution in [3.63, 3.8) is 0 Å². The molecule has 4 atom stereocenters. The second-order valence-corrected chi connectivity index (χ2v) is 12.8. The Balaban J connectivity index is 1.96. The van der Waals surface area contributed by atoms with Crippen LogP contribution in [0.15, 0.2) is 59.1 Å². The Morgan fingerprint density at radius 3 is 2.52 bits per heavy atom. The van der Waals surface area contributed by atoms with Gasteiger partial charge < -0.3 is 15.4 Å². The number of nitrogens with one attached hydrogen (secondary N) is 2. The fraction of sp³-hybridized carbons (Fsp3) is 0.333. The molecule has 3 aromatic rings. The molecule has 0 spiro atoms. The maximum absolute atomic E-state index is 15.8. The van der Waals surface area contributed by atoms with Gasteiger partial charge in [0, 0.05) is 27.0 Å². The third-order valence-electron chi connectivity index (χ3n) is 7.15. The molecule has 1 heterocycles. The summed E-state index contributed by atoms with van der Waals surface area (Å²) < 4.78 is 37.6. The molecule has 0 radical (unpaired) electrons. The van der Waals surface area contributed by atoms with E-state index in [1.54, 1.807) is 24.3 Å². The van der Waals surface area contributed by atoms with Crippen molar-refractivity contribution in [2.75, 3.05) is 12.4 Å². The molecule has 0 aromatic heterocycles. The highest BCUT2D eigenvalue weighted by molar-refractivity contribution is 9.10. The molecule has 210 valence electrons.